The lowest BCUT2D eigenvalue weighted by Gasteiger charge is -2.06. The summed E-state index contributed by atoms with van der Waals surface area (Å²) in [5.41, 5.74) is 3.34. The van der Waals surface area contributed by atoms with Crippen LogP contribution in [-0.2, 0) is 16.1 Å². The number of amides is 1. The van der Waals surface area contributed by atoms with E-state index in [0.717, 1.165) is 11.3 Å². The van der Waals surface area contributed by atoms with Crippen LogP contribution in [0.15, 0.2) is 58.4 Å². The molecule has 0 fully saturated rings. The van der Waals surface area contributed by atoms with Crippen molar-refractivity contribution < 1.29 is 24.2 Å². The third-order valence-electron chi connectivity index (χ3n) is 4.12. The lowest BCUT2D eigenvalue weighted by Crippen LogP contribution is -2.24. The lowest BCUT2D eigenvalue weighted by atomic mass is 10.1. The first-order valence-electron chi connectivity index (χ1n) is 9.17. The number of thiazole rings is 1. The fraction of sp³-hybridized carbons (Fsp3) is 0.143. The number of carbonyl (C=O) groups excluding carboxylic acids is 2. The monoisotopic (exact) mass is 475 g/mol. The molecule has 1 amide bonds. The van der Waals surface area contributed by atoms with Crippen LogP contribution in [0.1, 0.15) is 20.8 Å². The van der Waals surface area contributed by atoms with E-state index in [0.29, 0.717) is 21.8 Å². The van der Waals surface area contributed by atoms with E-state index in [1.165, 1.54) is 42.2 Å². The maximum atomic E-state index is 12.3. The van der Waals surface area contributed by atoms with Crippen LogP contribution in [0, 0.1) is 0 Å². The van der Waals surface area contributed by atoms with Crippen molar-refractivity contribution in [3.05, 3.63) is 79.4 Å². The molecule has 2 aromatic carbocycles. The number of phenolic OH excluding ortho intramolecular Hbond substituents is 1. The number of aromatic hydroxyl groups is 1. The van der Waals surface area contributed by atoms with E-state index in [4.69, 9.17) is 21.1 Å². The van der Waals surface area contributed by atoms with Crippen molar-refractivity contribution in [1.82, 2.24) is 9.99 Å². The quantitative estimate of drug-likeness (QED) is 0.293. The topological polar surface area (TPSA) is 119 Å². The first-order valence-corrected chi connectivity index (χ1v) is 10.4. The van der Waals surface area contributed by atoms with Gasteiger partial charge < -0.3 is 14.6 Å². The number of phenols is 1. The van der Waals surface area contributed by atoms with Gasteiger partial charge in [-0.2, -0.15) is 5.10 Å². The third kappa shape index (κ3) is 5.96. The summed E-state index contributed by atoms with van der Waals surface area (Å²) in [7, 11) is 1.29. The van der Waals surface area contributed by atoms with E-state index in [-0.39, 0.29) is 28.9 Å². The second-order valence-electron chi connectivity index (χ2n) is 6.38. The molecule has 3 aromatic rings. The average Bonchev–Trinajstić information content (AvgIpc) is 3.06. The minimum atomic E-state index is -0.517. The molecular weight excluding hydrogens is 458 g/mol. The molecule has 1 heterocycles. The molecule has 32 heavy (non-hydrogen) atoms. The van der Waals surface area contributed by atoms with Crippen molar-refractivity contribution in [3.8, 4) is 11.5 Å². The Morgan fingerprint density at radius 3 is 2.72 bits per heavy atom. The van der Waals surface area contributed by atoms with Crippen LogP contribution in [0.4, 0.5) is 0 Å². The molecule has 1 aromatic heterocycles. The van der Waals surface area contributed by atoms with Gasteiger partial charge in [0.05, 0.1) is 30.3 Å². The molecule has 0 aliphatic heterocycles. The van der Waals surface area contributed by atoms with Crippen molar-refractivity contribution in [1.29, 1.82) is 0 Å². The predicted octanol–water partition coefficient (Wildman–Crippen LogP) is 2.63. The third-order valence-corrected chi connectivity index (χ3v) is 5.56. The van der Waals surface area contributed by atoms with Crippen molar-refractivity contribution in [2.24, 2.45) is 5.10 Å². The summed E-state index contributed by atoms with van der Waals surface area (Å²) in [6.45, 7) is -0.136. The van der Waals surface area contributed by atoms with Crippen LogP contribution in [0.25, 0.3) is 0 Å². The minimum Gasteiger partial charge on any atom is -0.508 e. The highest BCUT2D eigenvalue weighted by atomic mass is 35.5. The number of methoxy groups -OCH3 is 1. The van der Waals surface area contributed by atoms with E-state index < -0.39 is 11.9 Å². The van der Waals surface area contributed by atoms with Gasteiger partial charge in [0.25, 0.3) is 5.91 Å². The fourth-order valence-electron chi connectivity index (χ4n) is 2.60. The van der Waals surface area contributed by atoms with Crippen LogP contribution < -0.4 is 15.0 Å². The highest BCUT2D eigenvalue weighted by Crippen LogP contribution is 2.19. The molecule has 0 atom stereocenters. The zero-order valence-electron chi connectivity index (χ0n) is 16.8. The Morgan fingerprint density at radius 1 is 1.25 bits per heavy atom. The number of ether oxygens (including phenoxy) is 2. The van der Waals surface area contributed by atoms with Gasteiger partial charge in [0.2, 0.25) is 0 Å². The molecule has 2 N–H and O–H groups in total. The fourth-order valence-corrected chi connectivity index (χ4v) is 3.71. The zero-order valence-corrected chi connectivity index (χ0v) is 18.4. The summed E-state index contributed by atoms with van der Waals surface area (Å²) < 4.78 is 11.3. The maximum absolute atomic E-state index is 12.3. The van der Waals surface area contributed by atoms with Gasteiger partial charge in [0.1, 0.15) is 16.7 Å². The highest BCUT2D eigenvalue weighted by Gasteiger charge is 2.13. The first-order chi connectivity index (χ1) is 15.4. The first kappa shape index (κ1) is 23.0. The second-order valence-corrected chi connectivity index (χ2v) is 7.73. The van der Waals surface area contributed by atoms with Crippen LogP contribution in [0.5, 0.6) is 11.5 Å². The number of hydrogen-bond acceptors (Lipinski definition) is 8. The molecular formula is C21H18ClN3O6S. The molecule has 11 heteroatoms. The molecule has 0 saturated carbocycles. The second kappa shape index (κ2) is 10.6. The summed E-state index contributed by atoms with van der Waals surface area (Å²) in [5.74, 6) is -0.493. The zero-order chi connectivity index (χ0) is 23.1. The Labute approximate surface area is 191 Å². The molecule has 3 rings (SSSR count). The van der Waals surface area contributed by atoms with Gasteiger partial charge in [0.15, 0.2) is 6.61 Å². The summed E-state index contributed by atoms with van der Waals surface area (Å²) in [6.07, 6.45) is 1.27. The van der Waals surface area contributed by atoms with Gasteiger partial charge in [-0.1, -0.05) is 35.1 Å². The number of halogens is 1. The number of nitrogens with zero attached hydrogens (tertiary/aromatic N) is 2. The van der Waals surface area contributed by atoms with E-state index in [2.05, 4.69) is 10.5 Å². The van der Waals surface area contributed by atoms with Gasteiger partial charge in [-0.3, -0.25) is 14.2 Å². The number of hydrazone groups is 1. The van der Waals surface area contributed by atoms with E-state index >= 15 is 0 Å². The number of esters is 1. The van der Waals surface area contributed by atoms with Crippen LogP contribution in [0.2, 0.25) is 5.15 Å². The van der Waals surface area contributed by atoms with Gasteiger partial charge >= 0.3 is 10.8 Å². The minimum absolute atomic E-state index is 0.0883. The Hall–Kier alpha value is -3.63. The van der Waals surface area contributed by atoms with Gasteiger partial charge in [-0.25, -0.2) is 10.2 Å². The predicted molar refractivity (Wildman–Crippen MR) is 120 cm³/mol. The molecule has 0 bridgehead atoms. The van der Waals surface area contributed by atoms with Gasteiger partial charge in [0, 0.05) is 0 Å². The summed E-state index contributed by atoms with van der Waals surface area (Å²) in [5, 5.41) is 13.2. The Bertz CT molecular complexity index is 1200. The van der Waals surface area contributed by atoms with E-state index in [1.807, 2.05) is 0 Å². The number of nitrogens with one attached hydrogen (secondary N) is 1. The van der Waals surface area contributed by atoms with Crippen LogP contribution >= 0.6 is 22.9 Å². The standard InChI is InChI=1S/C21H18ClN3O6S/c1-30-20(28)14-4-2-3-13(9-14)11-25-19(22)17(32-21(25)29)10-23-24-18(27)12-31-16-7-5-15(26)6-8-16/h2-10,26H,11-12H2,1H3,(H,24,27). The normalized spacial score (nSPS) is 10.8. The smallest absolute Gasteiger partial charge is 0.337 e. The molecule has 0 spiro atoms. The number of aromatic nitrogens is 1. The van der Waals surface area contributed by atoms with Gasteiger partial charge in [-0.05, 0) is 42.0 Å². The largest absolute Gasteiger partial charge is 0.508 e. The molecule has 0 aliphatic carbocycles. The Kier molecular flexibility index (Phi) is 7.63. The van der Waals surface area contributed by atoms with Crippen molar-refractivity contribution >= 4 is 41.0 Å². The van der Waals surface area contributed by atoms with Crippen molar-refractivity contribution in [3.63, 3.8) is 0 Å². The summed E-state index contributed by atoms with van der Waals surface area (Å²) >= 11 is 7.18. The number of carbonyl (C=O) groups is 2. The van der Waals surface area contributed by atoms with Crippen LogP contribution in [0.3, 0.4) is 0 Å². The van der Waals surface area contributed by atoms with Crippen molar-refractivity contribution in [2.75, 3.05) is 13.7 Å². The maximum Gasteiger partial charge on any atom is 0.337 e. The Balaban J connectivity index is 1.61. The number of hydrogen-bond donors (Lipinski definition) is 2. The molecule has 9 nitrogen and oxygen atoms in total. The van der Waals surface area contributed by atoms with Crippen molar-refractivity contribution in [2.45, 2.75) is 6.54 Å². The summed E-state index contributed by atoms with van der Waals surface area (Å²) in [4.78, 5) is 35.9. The SMILES string of the molecule is COC(=O)c1cccc(Cn2c(Cl)c(C=NNC(=O)COc3ccc(O)cc3)sc2=O)c1. The molecule has 0 aliphatic rings. The lowest BCUT2D eigenvalue weighted by molar-refractivity contribution is -0.123. The van der Waals surface area contributed by atoms with E-state index in [1.54, 1.807) is 24.3 Å². The van der Waals surface area contributed by atoms with E-state index in [9.17, 15) is 19.5 Å². The average molecular weight is 476 g/mol. The molecule has 166 valence electrons. The van der Waals surface area contributed by atoms with Crippen LogP contribution in [-0.4, -0.2) is 41.5 Å². The molecule has 0 unspecified atom stereocenters. The Morgan fingerprint density at radius 2 is 2.00 bits per heavy atom. The van der Waals surface area contributed by atoms with Gasteiger partial charge in [-0.15, -0.1) is 0 Å². The number of benzene rings is 2. The molecule has 0 radical (unpaired) electrons. The molecule has 0 saturated heterocycles. The number of rotatable bonds is 8. The summed E-state index contributed by atoms with van der Waals surface area (Å²) in [6, 6.07) is 12.6. The highest BCUT2D eigenvalue weighted by molar-refractivity contribution is 7.11.